The Labute approximate surface area is 143 Å². The van der Waals surface area contributed by atoms with Crippen molar-refractivity contribution in [2.45, 2.75) is 31.5 Å². The molecule has 1 N–H and O–H groups in total. The van der Waals surface area contributed by atoms with E-state index in [1.54, 1.807) is 0 Å². The third-order valence-corrected chi connectivity index (χ3v) is 4.26. The van der Waals surface area contributed by atoms with Crippen LogP contribution in [0.15, 0.2) is 48.5 Å². The molecule has 2 aromatic rings. The second-order valence-corrected chi connectivity index (χ2v) is 6.02. The summed E-state index contributed by atoms with van der Waals surface area (Å²) >= 11 is 0. The monoisotopic (exact) mass is 349 g/mol. The third kappa shape index (κ3) is 4.32. The lowest BCUT2D eigenvalue weighted by Crippen LogP contribution is -2.34. The van der Waals surface area contributed by atoms with Crippen LogP contribution >= 0.6 is 0 Å². The Balaban J connectivity index is 1.55. The van der Waals surface area contributed by atoms with Crippen molar-refractivity contribution in [1.29, 1.82) is 0 Å². The van der Waals surface area contributed by atoms with Crippen LogP contribution < -0.4 is 10.1 Å². The molecular formula is C19H18F3NO2. The van der Waals surface area contributed by atoms with Gasteiger partial charge in [-0.1, -0.05) is 24.3 Å². The number of hydrogen-bond donors (Lipinski definition) is 1. The minimum atomic E-state index is -4.38. The minimum absolute atomic E-state index is 0.0475. The first-order valence-electron chi connectivity index (χ1n) is 8.11. The number of ether oxygens (including phenoxy) is 1. The average molecular weight is 349 g/mol. The van der Waals surface area contributed by atoms with E-state index in [9.17, 15) is 18.0 Å². The molecule has 3 rings (SSSR count). The number of benzene rings is 2. The van der Waals surface area contributed by atoms with E-state index in [0.717, 1.165) is 37.0 Å². The Bertz CT molecular complexity index is 741. The molecule has 132 valence electrons. The molecule has 1 amide bonds. The molecule has 1 aliphatic carbocycles. The molecule has 1 unspecified atom stereocenters. The predicted octanol–water partition coefficient (Wildman–Crippen LogP) is 4.28. The summed E-state index contributed by atoms with van der Waals surface area (Å²) in [4.78, 5) is 12.1. The summed E-state index contributed by atoms with van der Waals surface area (Å²) < 4.78 is 42.8. The molecule has 6 heteroatoms. The maximum atomic E-state index is 12.5. The maximum absolute atomic E-state index is 12.5. The van der Waals surface area contributed by atoms with Crippen LogP contribution in [-0.2, 0) is 17.4 Å². The molecule has 0 aliphatic heterocycles. The number of alkyl halides is 3. The van der Waals surface area contributed by atoms with E-state index in [1.807, 2.05) is 18.2 Å². The zero-order valence-electron chi connectivity index (χ0n) is 13.5. The topological polar surface area (TPSA) is 38.3 Å². The number of amides is 1. The first-order valence-corrected chi connectivity index (χ1v) is 8.11. The summed E-state index contributed by atoms with van der Waals surface area (Å²) in [7, 11) is 0. The number of aryl methyl sites for hydroxylation is 1. The Morgan fingerprint density at radius 1 is 1.12 bits per heavy atom. The maximum Gasteiger partial charge on any atom is 0.416 e. The molecule has 1 aliphatic rings. The van der Waals surface area contributed by atoms with Crippen molar-refractivity contribution in [2.24, 2.45) is 0 Å². The van der Waals surface area contributed by atoms with Gasteiger partial charge in [-0.15, -0.1) is 0 Å². The van der Waals surface area contributed by atoms with Crippen molar-refractivity contribution >= 4 is 5.91 Å². The van der Waals surface area contributed by atoms with Crippen LogP contribution in [0.3, 0.4) is 0 Å². The number of carbonyl (C=O) groups is 1. The van der Waals surface area contributed by atoms with Gasteiger partial charge in [-0.2, -0.15) is 13.2 Å². The largest absolute Gasteiger partial charge is 0.484 e. The molecule has 0 aromatic heterocycles. The number of rotatable bonds is 4. The Morgan fingerprint density at radius 3 is 2.56 bits per heavy atom. The summed E-state index contributed by atoms with van der Waals surface area (Å²) in [5.74, 6) is -0.0613. The van der Waals surface area contributed by atoms with E-state index in [-0.39, 0.29) is 24.3 Å². The molecule has 0 saturated carbocycles. The summed E-state index contributed by atoms with van der Waals surface area (Å²) in [5, 5.41) is 2.94. The highest BCUT2D eigenvalue weighted by Crippen LogP contribution is 2.31. The summed E-state index contributed by atoms with van der Waals surface area (Å²) in [6, 6.07) is 12.3. The van der Waals surface area contributed by atoms with Gasteiger partial charge in [0.1, 0.15) is 5.75 Å². The van der Waals surface area contributed by atoms with E-state index in [0.29, 0.717) is 0 Å². The van der Waals surface area contributed by atoms with E-state index < -0.39 is 11.7 Å². The second-order valence-electron chi connectivity index (χ2n) is 6.02. The molecule has 0 heterocycles. The quantitative estimate of drug-likeness (QED) is 0.895. The Morgan fingerprint density at radius 2 is 1.84 bits per heavy atom. The van der Waals surface area contributed by atoms with Crippen molar-refractivity contribution in [2.75, 3.05) is 6.61 Å². The van der Waals surface area contributed by atoms with Gasteiger partial charge in [0, 0.05) is 0 Å². The van der Waals surface area contributed by atoms with Gasteiger partial charge in [-0.05, 0) is 54.7 Å². The molecule has 1 atom stereocenters. The van der Waals surface area contributed by atoms with E-state index in [1.165, 1.54) is 17.7 Å². The number of carbonyl (C=O) groups excluding carboxylic acids is 1. The fraction of sp³-hybridized carbons (Fsp3) is 0.316. The van der Waals surface area contributed by atoms with Crippen LogP contribution in [-0.4, -0.2) is 12.5 Å². The first kappa shape index (κ1) is 17.3. The van der Waals surface area contributed by atoms with Gasteiger partial charge < -0.3 is 10.1 Å². The SMILES string of the molecule is O=C(COc1ccc(C(F)(F)F)cc1)NC1CCCc2ccccc21. The Hall–Kier alpha value is -2.50. The van der Waals surface area contributed by atoms with Crippen molar-refractivity contribution in [1.82, 2.24) is 5.32 Å². The normalized spacial score (nSPS) is 16.8. The molecule has 0 radical (unpaired) electrons. The van der Waals surface area contributed by atoms with Gasteiger partial charge in [0.05, 0.1) is 11.6 Å². The fourth-order valence-electron chi connectivity index (χ4n) is 3.03. The van der Waals surface area contributed by atoms with Gasteiger partial charge in [0.15, 0.2) is 6.61 Å². The molecule has 0 saturated heterocycles. The number of nitrogens with one attached hydrogen (secondary N) is 1. The average Bonchev–Trinajstić information content (AvgIpc) is 2.60. The number of halogens is 3. The lowest BCUT2D eigenvalue weighted by atomic mass is 9.88. The van der Waals surface area contributed by atoms with Crippen LogP contribution in [0.5, 0.6) is 5.75 Å². The highest BCUT2D eigenvalue weighted by molar-refractivity contribution is 5.78. The smallest absolute Gasteiger partial charge is 0.416 e. The highest BCUT2D eigenvalue weighted by Gasteiger charge is 2.30. The van der Waals surface area contributed by atoms with E-state index in [4.69, 9.17) is 4.74 Å². The van der Waals surface area contributed by atoms with E-state index in [2.05, 4.69) is 11.4 Å². The highest BCUT2D eigenvalue weighted by atomic mass is 19.4. The standard InChI is InChI=1S/C19H18F3NO2/c20-19(21,22)14-8-10-15(11-9-14)25-12-18(24)23-17-7-3-5-13-4-1-2-6-16(13)17/h1-2,4,6,8-11,17H,3,5,7,12H2,(H,23,24). The van der Waals surface area contributed by atoms with Gasteiger partial charge in [-0.3, -0.25) is 4.79 Å². The molecule has 2 aromatic carbocycles. The molecular weight excluding hydrogens is 331 g/mol. The van der Waals surface area contributed by atoms with Crippen LogP contribution in [0.2, 0.25) is 0 Å². The zero-order chi connectivity index (χ0) is 17.9. The lowest BCUT2D eigenvalue weighted by Gasteiger charge is -2.26. The number of hydrogen-bond acceptors (Lipinski definition) is 2. The molecule has 0 bridgehead atoms. The molecule has 3 nitrogen and oxygen atoms in total. The lowest BCUT2D eigenvalue weighted by molar-refractivity contribution is -0.137. The van der Waals surface area contributed by atoms with Gasteiger partial charge >= 0.3 is 6.18 Å². The summed E-state index contributed by atoms with van der Waals surface area (Å²) in [6.45, 7) is -0.232. The van der Waals surface area contributed by atoms with Crippen LogP contribution in [0.4, 0.5) is 13.2 Å². The second kappa shape index (κ2) is 7.17. The third-order valence-electron chi connectivity index (χ3n) is 4.26. The van der Waals surface area contributed by atoms with Gasteiger partial charge in [0.2, 0.25) is 0 Å². The van der Waals surface area contributed by atoms with Crippen molar-refractivity contribution in [3.8, 4) is 5.75 Å². The van der Waals surface area contributed by atoms with Crippen molar-refractivity contribution in [3.05, 3.63) is 65.2 Å². The molecule has 0 spiro atoms. The van der Waals surface area contributed by atoms with Crippen LogP contribution in [0.1, 0.15) is 35.6 Å². The first-order chi connectivity index (χ1) is 11.9. The minimum Gasteiger partial charge on any atom is -0.484 e. The zero-order valence-corrected chi connectivity index (χ0v) is 13.5. The number of fused-ring (bicyclic) bond motifs is 1. The molecule has 0 fully saturated rings. The van der Waals surface area contributed by atoms with Crippen molar-refractivity contribution in [3.63, 3.8) is 0 Å². The van der Waals surface area contributed by atoms with Crippen molar-refractivity contribution < 1.29 is 22.7 Å². The fourth-order valence-corrected chi connectivity index (χ4v) is 3.03. The van der Waals surface area contributed by atoms with Crippen LogP contribution in [0.25, 0.3) is 0 Å². The molecule has 25 heavy (non-hydrogen) atoms. The summed E-state index contributed by atoms with van der Waals surface area (Å²) in [5.41, 5.74) is 1.61. The Kier molecular flexibility index (Phi) is 4.97. The summed E-state index contributed by atoms with van der Waals surface area (Å²) in [6.07, 6.45) is -1.51. The van der Waals surface area contributed by atoms with Gasteiger partial charge in [0.25, 0.3) is 5.91 Å². The predicted molar refractivity (Wildman–Crippen MR) is 87.2 cm³/mol. The van der Waals surface area contributed by atoms with E-state index >= 15 is 0 Å². The van der Waals surface area contributed by atoms with Crippen LogP contribution in [0, 0.1) is 0 Å². The van der Waals surface area contributed by atoms with Gasteiger partial charge in [-0.25, -0.2) is 0 Å².